The predicted octanol–water partition coefficient (Wildman–Crippen LogP) is 3.89. The highest BCUT2D eigenvalue weighted by Gasteiger charge is 2.20. The van der Waals surface area contributed by atoms with Crippen molar-refractivity contribution in [1.29, 1.82) is 0 Å². The molecule has 0 saturated heterocycles. The summed E-state index contributed by atoms with van der Waals surface area (Å²) in [7, 11) is 0. The van der Waals surface area contributed by atoms with Gasteiger partial charge in [0, 0.05) is 17.7 Å². The second-order valence-electron chi connectivity index (χ2n) is 4.71. The maximum absolute atomic E-state index is 12.4. The molecule has 0 amide bonds. The standard InChI is InChI=1S/C14H13F2N3O/c15-12(16)11-7-6-10(8-17-11)13-18-14(20-19-13)9-4-2-1-3-5-9/h1-2,6-9,12H,3-5H2/t9-/m1/s1. The fraction of sp³-hybridized carbons (Fsp3) is 0.357. The van der Waals surface area contributed by atoms with Crippen molar-refractivity contribution in [2.75, 3.05) is 0 Å². The Hall–Kier alpha value is -2.11. The third-order valence-electron chi connectivity index (χ3n) is 3.33. The van der Waals surface area contributed by atoms with Gasteiger partial charge in [-0.2, -0.15) is 4.98 Å². The second kappa shape index (κ2) is 5.48. The van der Waals surface area contributed by atoms with Crippen LogP contribution in [0.1, 0.15) is 43.2 Å². The minimum Gasteiger partial charge on any atom is -0.339 e. The van der Waals surface area contributed by atoms with E-state index >= 15 is 0 Å². The lowest BCUT2D eigenvalue weighted by atomic mass is 9.94. The molecule has 2 aromatic heterocycles. The average molecular weight is 277 g/mol. The molecule has 0 bridgehead atoms. The first-order valence-electron chi connectivity index (χ1n) is 6.47. The molecule has 0 aromatic carbocycles. The average Bonchev–Trinajstić information content (AvgIpc) is 2.98. The lowest BCUT2D eigenvalue weighted by molar-refractivity contribution is 0.146. The number of hydrogen-bond donors (Lipinski definition) is 0. The summed E-state index contributed by atoms with van der Waals surface area (Å²) in [5, 5.41) is 3.90. The molecule has 2 heterocycles. The lowest BCUT2D eigenvalue weighted by Crippen LogP contribution is -2.01. The van der Waals surface area contributed by atoms with Gasteiger partial charge in [0.05, 0.1) is 0 Å². The number of aromatic nitrogens is 3. The molecule has 2 aromatic rings. The van der Waals surface area contributed by atoms with Gasteiger partial charge in [0.2, 0.25) is 11.7 Å². The van der Waals surface area contributed by atoms with Gasteiger partial charge in [-0.1, -0.05) is 17.3 Å². The fourth-order valence-electron chi connectivity index (χ4n) is 2.20. The van der Waals surface area contributed by atoms with Gasteiger partial charge in [-0.15, -0.1) is 0 Å². The Morgan fingerprint density at radius 2 is 2.15 bits per heavy atom. The third-order valence-corrected chi connectivity index (χ3v) is 3.33. The molecule has 1 aliphatic rings. The highest BCUT2D eigenvalue weighted by molar-refractivity contribution is 5.52. The van der Waals surface area contributed by atoms with E-state index in [0.29, 0.717) is 17.3 Å². The first-order chi connectivity index (χ1) is 9.74. The number of pyridine rings is 1. The van der Waals surface area contributed by atoms with Crippen molar-refractivity contribution >= 4 is 0 Å². The first kappa shape index (κ1) is 12.9. The summed E-state index contributed by atoms with van der Waals surface area (Å²) >= 11 is 0. The van der Waals surface area contributed by atoms with Gasteiger partial charge in [0.25, 0.3) is 6.43 Å². The third kappa shape index (κ3) is 2.59. The summed E-state index contributed by atoms with van der Waals surface area (Å²) in [6, 6.07) is 2.81. The van der Waals surface area contributed by atoms with Crippen LogP contribution in [-0.4, -0.2) is 15.1 Å². The summed E-state index contributed by atoms with van der Waals surface area (Å²) in [6.07, 6.45) is 5.91. The van der Waals surface area contributed by atoms with Crippen molar-refractivity contribution in [1.82, 2.24) is 15.1 Å². The van der Waals surface area contributed by atoms with E-state index in [0.717, 1.165) is 19.3 Å². The van der Waals surface area contributed by atoms with E-state index in [4.69, 9.17) is 4.52 Å². The summed E-state index contributed by atoms with van der Waals surface area (Å²) in [6.45, 7) is 0. The van der Waals surface area contributed by atoms with Crippen molar-refractivity contribution in [3.63, 3.8) is 0 Å². The number of halogens is 2. The van der Waals surface area contributed by atoms with Crippen LogP contribution >= 0.6 is 0 Å². The van der Waals surface area contributed by atoms with Crippen molar-refractivity contribution in [3.05, 3.63) is 42.1 Å². The van der Waals surface area contributed by atoms with Gasteiger partial charge in [-0.3, -0.25) is 4.98 Å². The van der Waals surface area contributed by atoms with E-state index < -0.39 is 6.43 Å². The van der Waals surface area contributed by atoms with Crippen LogP contribution in [0.3, 0.4) is 0 Å². The zero-order chi connectivity index (χ0) is 13.9. The molecule has 0 saturated carbocycles. The molecule has 4 nitrogen and oxygen atoms in total. The van der Waals surface area contributed by atoms with Gasteiger partial charge in [0.1, 0.15) is 5.69 Å². The van der Waals surface area contributed by atoms with Crippen LogP contribution in [0.4, 0.5) is 8.78 Å². The normalized spacial score (nSPS) is 18.6. The molecule has 0 unspecified atom stereocenters. The number of allylic oxidation sites excluding steroid dienone is 2. The van der Waals surface area contributed by atoms with Gasteiger partial charge in [0.15, 0.2) is 0 Å². The van der Waals surface area contributed by atoms with E-state index in [1.165, 1.54) is 18.3 Å². The maximum atomic E-state index is 12.4. The summed E-state index contributed by atoms with van der Waals surface area (Å²) < 4.78 is 30.1. The van der Waals surface area contributed by atoms with Gasteiger partial charge >= 0.3 is 0 Å². The Kier molecular flexibility index (Phi) is 3.54. The minimum atomic E-state index is -2.57. The summed E-state index contributed by atoms with van der Waals surface area (Å²) in [4.78, 5) is 8.03. The van der Waals surface area contributed by atoms with Crippen LogP contribution < -0.4 is 0 Å². The Balaban J connectivity index is 1.80. The lowest BCUT2D eigenvalue weighted by Gasteiger charge is -2.12. The minimum absolute atomic E-state index is 0.245. The quantitative estimate of drug-likeness (QED) is 0.798. The molecule has 6 heteroatoms. The smallest absolute Gasteiger partial charge is 0.280 e. The monoisotopic (exact) mass is 277 g/mol. The number of hydrogen-bond acceptors (Lipinski definition) is 4. The first-order valence-corrected chi connectivity index (χ1v) is 6.47. The summed E-state index contributed by atoms with van der Waals surface area (Å²) in [5.74, 6) is 1.24. The molecule has 0 fully saturated rings. The molecular formula is C14H13F2N3O. The van der Waals surface area contributed by atoms with Crippen LogP contribution in [0.15, 0.2) is 35.0 Å². The van der Waals surface area contributed by atoms with E-state index in [2.05, 4.69) is 27.3 Å². The number of nitrogens with zero attached hydrogens (tertiary/aromatic N) is 3. The number of alkyl halides is 2. The number of rotatable bonds is 3. The molecule has 104 valence electrons. The van der Waals surface area contributed by atoms with Crippen molar-refractivity contribution in [3.8, 4) is 11.4 Å². The van der Waals surface area contributed by atoms with E-state index in [9.17, 15) is 8.78 Å². The van der Waals surface area contributed by atoms with Crippen LogP contribution in [0.2, 0.25) is 0 Å². The molecule has 0 spiro atoms. The van der Waals surface area contributed by atoms with E-state index in [1.807, 2.05) is 0 Å². The second-order valence-corrected chi connectivity index (χ2v) is 4.71. The molecule has 0 aliphatic heterocycles. The van der Waals surface area contributed by atoms with Crippen LogP contribution in [0.5, 0.6) is 0 Å². The van der Waals surface area contributed by atoms with Crippen molar-refractivity contribution < 1.29 is 13.3 Å². The Morgan fingerprint density at radius 1 is 1.25 bits per heavy atom. The summed E-state index contributed by atoms with van der Waals surface area (Å²) in [5.41, 5.74) is 0.325. The van der Waals surface area contributed by atoms with Crippen molar-refractivity contribution in [2.24, 2.45) is 0 Å². The molecule has 1 aliphatic carbocycles. The van der Waals surface area contributed by atoms with Crippen LogP contribution in [0.25, 0.3) is 11.4 Å². The molecule has 0 N–H and O–H groups in total. The van der Waals surface area contributed by atoms with Gasteiger partial charge < -0.3 is 4.52 Å². The molecule has 0 radical (unpaired) electrons. The fourth-order valence-corrected chi connectivity index (χ4v) is 2.20. The predicted molar refractivity (Wildman–Crippen MR) is 68.2 cm³/mol. The zero-order valence-corrected chi connectivity index (χ0v) is 10.7. The van der Waals surface area contributed by atoms with Crippen molar-refractivity contribution in [2.45, 2.75) is 31.6 Å². The Bertz CT molecular complexity index is 607. The molecular weight excluding hydrogens is 264 g/mol. The zero-order valence-electron chi connectivity index (χ0n) is 10.7. The van der Waals surface area contributed by atoms with E-state index in [1.54, 1.807) is 0 Å². The SMILES string of the molecule is FC(F)c1ccc(-c2noc([C@@H]3CC=CCC3)n2)cn1. The van der Waals surface area contributed by atoms with E-state index in [-0.39, 0.29) is 11.6 Å². The molecule has 20 heavy (non-hydrogen) atoms. The molecule has 1 atom stereocenters. The Morgan fingerprint density at radius 3 is 2.80 bits per heavy atom. The molecule has 3 rings (SSSR count). The van der Waals surface area contributed by atoms with Crippen LogP contribution in [-0.2, 0) is 0 Å². The highest BCUT2D eigenvalue weighted by atomic mass is 19.3. The van der Waals surface area contributed by atoms with Gasteiger partial charge in [-0.25, -0.2) is 8.78 Å². The highest BCUT2D eigenvalue weighted by Crippen LogP contribution is 2.29. The largest absolute Gasteiger partial charge is 0.339 e. The Labute approximate surface area is 114 Å². The topological polar surface area (TPSA) is 51.8 Å². The van der Waals surface area contributed by atoms with Gasteiger partial charge in [-0.05, 0) is 31.4 Å². The van der Waals surface area contributed by atoms with Crippen LogP contribution in [0, 0.1) is 0 Å². The maximum Gasteiger partial charge on any atom is 0.280 e.